The van der Waals surface area contributed by atoms with E-state index in [0.29, 0.717) is 11.6 Å². The number of nitrogens with zero attached hydrogens (tertiary/aromatic N) is 1. The highest BCUT2D eigenvalue weighted by atomic mass is 16.4. The van der Waals surface area contributed by atoms with E-state index in [0.717, 1.165) is 0 Å². The number of allylic oxidation sites excluding steroid dienone is 3. The van der Waals surface area contributed by atoms with Crippen molar-refractivity contribution in [3.8, 4) is 0 Å². The van der Waals surface area contributed by atoms with Crippen LogP contribution in [0.3, 0.4) is 0 Å². The van der Waals surface area contributed by atoms with Gasteiger partial charge >= 0.3 is 5.97 Å². The highest BCUT2D eigenvalue weighted by Crippen LogP contribution is 2.33. The highest BCUT2D eigenvalue weighted by molar-refractivity contribution is 6.04. The van der Waals surface area contributed by atoms with E-state index in [2.05, 4.69) is 12.2 Å². The van der Waals surface area contributed by atoms with Crippen LogP contribution in [0, 0.1) is 0 Å². The molecule has 1 fully saturated rings. The molecule has 3 heteroatoms. The molecule has 1 aromatic carbocycles. The third-order valence-corrected chi connectivity index (χ3v) is 4.61. The van der Waals surface area contributed by atoms with E-state index in [9.17, 15) is 4.79 Å². The molecule has 0 aromatic heterocycles. The van der Waals surface area contributed by atoms with Gasteiger partial charge in [-0.1, -0.05) is 36.8 Å². The number of aromatic carboxylic acids is 1. The number of fused-ring (bicyclic) bond motifs is 2. The van der Waals surface area contributed by atoms with E-state index in [4.69, 9.17) is 10.1 Å². The van der Waals surface area contributed by atoms with E-state index in [1.165, 1.54) is 56.2 Å². The van der Waals surface area contributed by atoms with Crippen LogP contribution in [0.5, 0.6) is 0 Å². The van der Waals surface area contributed by atoms with Crippen molar-refractivity contribution in [3.63, 3.8) is 0 Å². The molecule has 0 amide bonds. The van der Waals surface area contributed by atoms with Gasteiger partial charge in [-0.2, -0.15) is 0 Å². The van der Waals surface area contributed by atoms with Crippen LogP contribution in [0.4, 0.5) is 0 Å². The summed E-state index contributed by atoms with van der Waals surface area (Å²) in [6.07, 6.45) is 13.9. The molecule has 0 radical (unpaired) electrons. The average Bonchev–Trinajstić information content (AvgIpc) is 2.61. The zero-order chi connectivity index (χ0) is 16.1. The Balaban J connectivity index is 0.000000151. The Hall–Kier alpha value is -2.16. The van der Waals surface area contributed by atoms with Gasteiger partial charge in [0.25, 0.3) is 0 Å². The van der Waals surface area contributed by atoms with E-state index in [1.807, 2.05) is 0 Å². The van der Waals surface area contributed by atoms with Crippen molar-refractivity contribution in [1.82, 2.24) is 0 Å². The Morgan fingerprint density at radius 2 is 1.91 bits per heavy atom. The van der Waals surface area contributed by atoms with E-state index < -0.39 is 5.97 Å². The van der Waals surface area contributed by atoms with E-state index >= 15 is 0 Å². The molecule has 1 N–H and O–H groups in total. The van der Waals surface area contributed by atoms with E-state index in [1.54, 1.807) is 35.9 Å². The number of hydrogen-bond donors (Lipinski definition) is 1. The SMILES string of the molecule is C1=C2C=C3CCCCC3N=C2CCC1.O=C(O)c1ccccc1. The number of aliphatic imine (C=N–C) groups is 1. The van der Waals surface area contributed by atoms with Gasteiger partial charge in [0.1, 0.15) is 0 Å². The van der Waals surface area contributed by atoms with Gasteiger partial charge in [0.05, 0.1) is 11.6 Å². The monoisotopic (exact) mass is 309 g/mol. The maximum Gasteiger partial charge on any atom is 0.335 e. The first kappa shape index (κ1) is 15.7. The number of carbonyl (C=O) groups is 1. The lowest BCUT2D eigenvalue weighted by atomic mass is 9.83. The molecule has 1 unspecified atom stereocenters. The minimum absolute atomic E-state index is 0.331. The molecule has 1 aromatic rings. The van der Waals surface area contributed by atoms with Gasteiger partial charge < -0.3 is 5.11 Å². The first-order valence-electron chi connectivity index (χ1n) is 8.50. The second-order valence-electron chi connectivity index (χ2n) is 6.28. The lowest BCUT2D eigenvalue weighted by Crippen LogP contribution is -2.22. The van der Waals surface area contributed by atoms with Crippen molar-refractivity contribution in [3.05, 3.63) is 59.2 Å². The third kappa shape index (κ3) is 3.98. The fourth-order valence-electron chi connectivity index (χ4n) is 3.37. The molecule has 1 aliphatic heterocycles. The Labute approximate surface area is 137 Å². The third-order valence-electron chi connectivity index (χ3n) is 4.61. The van der Waals surface area contributed by atoms with Crippen LogP contribution in [0.15, 0.2) is 58.6 Å². The van der Waals surface area contributed by atoms with Crippen molar-refractivity contribution in [1.29, 1.82) is 0 Å². The van der Waals surface area contributed by atoms with Crippen LogP contribution < -0.4 is 0 Å². The number of benzene rings is 1. The summed E-state index contributed by atoms with van der Waals surface area (Å²) in [7, 11) is 0. The normalized spacial score (nSPS) is 22.3. The van der Waals surface area contributed by atoms with E-state index in [-0.39, 0.29) is 0 Å². The molecule has 0 saturated heterocycles. The van der Waals surface area contributed by atoms with Gasteiger partial charge in [-0.05, 0) is 61.8 Å². The van der Waals surface area contributed by atoms with Crippen LogP contribution in [0.2, 0.25) is 0 Å². The summed E-state index contributed by atoms with van der Waals surface area (Å²) >= 11 is 0. The average molecular weight is 309 g/mol. The Kier molecular flexibility index (Phi) is 5.06. The molecule has 4 rings (SSSR count). The van der Waals surface area contributed by atoms with Crippen LogP contribution in [0.1, 0.15) is 55.3 Å². The molecule has 0 bridgehead atoms. The zero-order valence-electron chi connectivity index (χ0n) is 13.4. The molecule has 2 aliphatic carbocycles. The Bertz CT molecular complexity index is 655. The Morgan fingerprint density at radius 3 is 2.65 bits per heavy atom. The van der Waals surface area contributed by atoms with Crippen LogP contribution in [-0.4, -0.2) is 22.8 Å². The molecular formula is C20H23NO2. The fraction of sp³-hybridized carbons (Fsp3) is 0.400. The maximum absolute atomic E-state index is 10.2. The molecule has 1 atom stereocenters. The second-order valence-corrected chi connectivity index (χ2v) is 6.28. The van der Waals surface area contributed by atoms with Gasteiger partial charge in [0, 0.05) is 5.71 Å². The largest absolute Gasteiger partial charge is 0.478 e. The van der Waals surface area contributed by atoms with Gasteiger partial charge in [-0.15, -0.1) is 0 Å². The molecule has 3 nitrogen and oxygen atoms in total. The number of carboxylic acid groups (broad SMARTS) is 1. The van der Waals surface area contributed by atoms with Crippen LogP contribution in [0.25, 0.3) is 0 Å². The lowest BCUT2D eigenvalue weighted by molar-refractivity contribution is 0.0697. The summed E-state index contributed by atoms with van der Waals surface area (Å²) in [6, 6.07) is 8.86. The lowest BCUT2D eigenvalue weighted by Gasteiger charge is -2.29. The summed E-state index contributed by atoms with van der Waals surface area (Å²) in [6.45, 7) is 0. The minimum Gasteiger partial charge on any atom is -0.478 e. The maximum atomic E-state index is 10.2. The molecule has 1 saturated carbocycles. The smallest absolute Gasteiger partial charge is 0.335 e. The summed E-state index contributed by atoms with van der Waals surface area (Å²) < 4.78 is 0. The molecule has 0 spiro atoms. The van der Waals surface area contributed by atoms with Gasteiger partial charge in [0.15, 0.2) is 0 Å². The number of rotatable bonds is 1. The first-order chi connectivity index (χ1) is 11.2. The topological polar surface area (TPSA) is 49.7 Å². The molecule has 120 valence electrons. The summed E-state index contributed by atoms with van der Waals surface area (Å²) in [5.41, 5.74) is 4.78. The molecule has 3 aliphatic rings. The molecule has 1 heterocycles. The van der Waals surface area contributed by atoms with Gasteiger partial charge in [-0.25, -0.2) is 4.79 Å². The minimum atomic E-state index is -0.879. The van der Waals surface area contributed by atoms with Crippen molar-refractivity contribution < 1.29 is 9.90 Å². The standard InChI is InChI=1S/C13H17N.C7H6O2/c1-3-7-12-10(5-1)9-11-6-2-4-8-13(11)14-12;8-7(9)6-4-2-1-3-5-6/h5,9,13H,1-4,6-8H2;1-5H,(H,8,9). The van der Waals surface area contributed by atoms with Crippen molar-refractivity contribution in [2.75, 3.05) is 0 Å². The highest BCUT2D eigenvalue weighted by Gasteiger charge is 2.24. The first-order valence-corrected chi connectivity index (χ1v) is 8.50. The summed E-state index contributed by atoms with van der Waals surface area (Å²) in [4.78, 5) is 15.1. The zero-order valence-corrected chi connectivity index (χ0v) is 13.4. The van der Waals surface area contributed by atoms with Gasteiger partial charge in [0.2, 0.25) is 0 Å². The number of hydrogen-bond acceptors (Lipinski definition) is 2. The summed E-state index contributed by atoms with van der Waals surface area (Å²) in [5, 5.41) is 8.38. The van der Waals surface area contributed by atoms with Crippen LogP contribution in [-0.2, 0) is 0 Å². The second kappa shape index (κ2) is 7.40. The van der Waals surface area contributed by atoms with Crippen molar-refractivity contribution in [2.45, 2.75) is 51.0 Å². The molecular weight excluding hydrogens is 286 g/mol. The Morgan fingerprint density at radius 1 is 1.09 bits per heavy atom. The fourth-order valence-corrected chi connectivity index (χ4v) is 3.37. The predicted molar refractivity (Wildman–Crippen MR) is 93.1 cm³/mol. The van der Waals surface area contributed by atoms with Crippen molar-refractivity contribution in [2.24, 2.45) is 4.99 Å². The number of carboxylic acids is 1. The van der Waals surface area contributed by atoms with Crippen molar-refractivity contribution >= 4 is 11.7 Å². The predicted octanol–water partition coefficient (Wildman–Crippen LogP) is 4.81. The summed E-state index contributed by atoms with van der Waals surface area (Å²) in [5.74, 6) is -0.879. The quantitative estimate of drug-likeness (QED) is 0.809. The molecule has 23 heavy (non-hydrogen) atoms. The van der Waals surface area contributed by atoms with Crippen LogP contribution >= 0.6 is 0 Å². The number of dihydropyridines is 1. The van der Waals surface area contributed by atoms with Gasteiger partial charge in [-0.3, -0.25) is 4.99 Å².